The number of fused-ring (bicyclic) bond motifs is 1. The Bertz CT molecular complexity index is 1170. The molecule has 0 fully saturated rings. The van der Waals surface area contributed by atoms with Crippen LogP contribution in [0.4, 0.5) is 5.69 Å². The third kappa shape index (κ3) is 14.8. The smallest absolute Gasteiger partial charge is 0.319 e. The Morgan fingerprint density at radius 1 is 0.783 bits per heavy atom. The highest BCUT2D eigenvalue weighted by Crippen LogP contribution is 2.42. The molecule has 8 heteroatoms. The molecule has 0 saturated carbocycles. The number of benzene rings is 2. The first-order valence-electron chi connectivity index (χ1n) is 17.8. The maximum absolute atomic E-state index is 12.8. The van der Waals surface area contributed by atoms with E-state index in [1.165, 1.54) is 88.9 Å². The summed E-state index contributed by atoms with van der Waals surface area (Å²) in [6, 6.07) is 18.0. The van der Waals surface area contributed by atoms with Gasteiger partial charge in [0, 0.05) is 18.6 Å². The first-order chi connectivity index (χ1) is 22.3. The average molecular weight is 658 g/mol. The van der Waals surface area contributed by atoms with E-state index < -0.39 is 13.9 Å². The minimum atomic E-state index is -4.60. The number of para-hydroxylation sites is 1. The lowest BCUT2D eigenvalue weighted by molar-refractivity contribution is -0.223. The van der Waals surface area contributed by atoms with Crippen molar-refractivity contribution in [3.8, 4) is 0 Å². The molecule has 0 saturated heterocycles. The van der Waals surface area contributed by atoms with Gasteiger partial charge >= 0.3 is 7.82 Å². The van der Waals surface area contributed by atoms with Gasteiger partial charge in [0.05, 0.1) is 33.9 Å². The van der Waals surface area contributed by atoms with Crippen LogP contribution >= 0.6 is 7.82 Å². The van der Waals surface area contributed by atoms with E-state index in [1.807, 2.05) is 56.6 Å². The van der Waals surface area contributed by atoms with Gasteiger partial charge in [0.1, 0.15) is 23.8 Å². The van der Waals surface area contributed by atoms with Crippen LogP contribution in [-0.4, -0.2) is 40.0 Å². The fourth-order valence-corrected chi connectivity index (χ4v) is 6.69. The van der Waals surface area contributed by atoms with Crippen LogP contribution in [-0.2, 0) is 36.1 Å². The predicted molar refractivity (Wildman–Crippen MR) is 187 cm³/mol. The first kappa shape index (κ1) is 38.5. The van der Waals surface area contributed by atoms with Crippen molar-refractivity contribution in [2.24, 2.45) is 0 Å². The number of phosphoric ester groups is 1. The summed E-state index contributed by atoms with van der Waals surface area (Å²) in [4.78, 5) is 12.8. The molecule has 0 aliphatic carbocycles. The van der Waals surface area contributed by atoms with Gasteiger partial charge < -0.3 is 23.4 Å². The molecule has 0 amide bonds. The zero-order valence-electron chi connectivity index (χ0n) is 28.8. The summed E-state index contributed by atoms with van der Waals surface area (Å²) in [5.41, 5.74) is 4.27. The maximum Gasteiger partial charge on any atom is 0.319 e. The van der Waals surface area contributed by atoms with Gasteiger partial charge in [0.25, 0.3) is 0 Å². The van der Waals surface area contributed by atoms with Crippen LogP contribution < -0.4 is 9.38 Å². The average Bonchev–Trinajstić information content (AvgIpc) is 3.05. The number of allylic oxidation sites excluding steroid dienone is 1. The minimum Gasteiger partial charge on any atom is -0.746 e. The van der Waals surface area contributed by atoms with Gasteiger partial charge in [-0.3, -0.25) is 9.05 Å². The number of nitrogens with zero attached hydrogens (tertiary/aromatic N) is 1. The monoisotopic (exact) mass is 657 g/mol. The topological polar surface area (TPSA) is 77.1 Å². The molecule has 0 bridgehead atoms. The molecule has 2 atom stereocenters. The summed E-state index contributed by atoms with van der Waals surface area (Å²) in [5, 5.41) is 0. The summed E-state index contributed by atoms with van der Waals surface area (Å²) in [7, 11) is -0.529. The van der Waals surface area contributed by atoms with Gasteiger partial charge in [-0.25, -0.2) is 0 Å². The van der Waals surface area contributed by atoms with Crippen molar-refractivity contribution in [2.75, 3.05) is 33.9 Å². The van der Waals surface area contributed by atoms with Crippen molar-refractivity contribution < 1.29 is 28.0 Å². The lowest BCUT2D eigenvalue weighted by atomic mass is 9.98. The molecule has 2 unspecified atom stereocenters. The number of quaternary nitrogens is 1. The van der Waals surface area contributed by atoms with E-state index in [-0.39, 0.29) is 13.2 Å². The SMILES string of the molecule is CCCCCCCCCCCCCCCCOCC(COP(=O)([O-])OC=C1CCc2ccccc2[N+]1(C)C)OCc1ccccc1. The number of aryl methyl sites for hydroxylation is 1. The Hall–Kier alpha value is -1.99. The van der Waals surface area contributed by atoms with Gasteiger partial charge in [-0.05, 0) is 24.5 Å². The molecule has 0 aromatic heterocycles. The number of hydrogen-bond donors (Lipinski definition) is 0. The summed E-state index contributed by atoms with van der Waals surface area (Å²) >= 11 is 0. The third-order valence-electron chi connectivity index (χ3n) is 8.97. The Morgan fingerprint density at radius 3 is 2.02 bits per heavy atom. The zero-order valence-corrected chi connectivity index (χ0v) is 29.7. The fraction of sp³-hybridized carbons (Fsp3) is 0.632. The highest BCUT2D eigenvalue weighted by atomic mass is 31.2. The van der Waals surface area contributed by atoms with Crippen LogP contribution in [0.2, 0.25) is 0 Å². The number of phosphoric acid groups is 1. The summed E-state index contributed by atoms with van der Waals surface area (Å²) in [5.74, 6) is 0. The molecule has 3 rings (SSSR count). The molecule has 46 heavy (non-hydrogen) atoms. The molecule has 1 aliphatic rings. The van der Waals surface area contributed by atoms with Crippen molar-refractivity contribution in [3.63, 3.8) is 0 Å². The van der Waals surface area contributed by atoms with Crippen LogP contribution in [0.25, 0.3) is 0 Å². The molecule has 0 radical (unpaired) electrons. The molecule has 1 aliphatic heterocycles. The van der Waals surface area contributed by atoms with Crippen LogP contribution in [0, 0.1) is 0 Å². The maximum atomic E-state index is 12.8. The molecular formula is C38H60NO6P. The van der Waals surface area contributed by atoms with Crippen molar-refractivity contribution in [1.82, 2.24) is 4.48 Å². The van der Waals surface area contributed by atoms with Crippen LogP contribution in [0.15, 0.2) is 66.6 Å². The molecule has 7 nitrogen and oxygen atoms in total. The summed E-state index contributed by atoms with van der Waals surface area (Å²) < 4.78 is 35.7. The number of rotatable bonds is 25. The second kappa shape index (κ2) is 21.8. The summed E-state index contributed by atoms with van der Waals surface area (Å²) in [6.45, 7) is 3.32. The number of unbranched alkanes of at least 4 members (excludes halogenated alkanes) is 13. The Morgan fingerprint density at radius 2 is 1.37 bits per heavy atom. The van der Waals surface area contributed by atoms with Gasteiger partial charge in [-0.1, -0.05) is 139 Å². The van der Waals surface area contributed by atoms with E-state index in [1.54, 1.807) is 0 Å². The highest BCUT2D eigenvalue weighted by molar-refractivity contribution is 7.46. The van der Waals surface area contributed by atoms with Gasteiger partial charge in [0.15, 0.2) is 0 Å². The third-order valence-corrected chi connectivity index (χ3v) is 9.80. The van der Waals surface area contributed by atoms with Crippen molar-refractivity contribution in [1.29, 1.82) is 0 Å². The van der Waals surface area contributed by atoms with Gasteiger partial charge in [0.2, 0.25) is 0 Å². The van der Waals surface area contributed by atoms with E-state index in [9.17, 15) is 9.46 Å². The van der Waals surface area contributed by atoms with Crippen molar-refractivity contribution in [3.05, 3.63) is 77.7 Å². The van der Waals surface area contributed by atoms with E-state index in [0.717, 1.165) is 36.2 Å². The quantitative estimate of drug-likeness (QED) is 0.0458. The van der Waals surface area contributed by atoms with E-state index >= 15 is 0 Å². The number of hydrogen-bond acceptors (Lipinski definition) is 6. The lowest BCUT2D eigenvalue weighted by Crippen LogP contribution is -2.42. The largest absolute Gasteiger partial charge is 0.746 e. The Balaban J connectivity index is 1.34. The normalized spacial score (nSPS) is 17.0. The van der Waals surface area contributed by atoms with Crippen molar-refractivity contribution >= 4 is 13.5 Å². The van der Waals surface area contributed by atoms with Crippen LogP contribution in [0.5, 0.6) is 0 Å². The number of ether oxygens (including phenoxy) is 2. The molecular weight excluding hydrogens is 597 g/mol. The van der Waals surface area contributed by atoms with Gasteiger partial charge in [-0.2, -0.15) is 0 Å². The van der Waals surface area contributed by atoms with E-state index in [0.29, 0.717) is 24.1 Å². The highest BCUT2D eigenvalue weighted by Gasteiger charge is 2.33. The standard InChI is InChI=1S/C38H60NO6P/c1-4-5-6-7-8-9-10-11-12-13-14-15-16-22-29-42-32-37(43-30-34-23-18-17-19-24-34)33-45-46(40,41)44-31-36-28-27-35-25-20-21-26-38(35)39(36,2)3/h17-21,23-26,31,37H,4-16,22,27-30,32-33H2,1-3H3. The molecule has 2 aromatic carbocycles. The molecule has 1 heterocycles. The molecule has 258 valence electrons. The fourth-order valence-electron chi connectivity index (χ4n) is 6.03. The van der Waals surface area contributed by atoms with Gasteiger partial charge in [-0.15, -0.1) is 0 Å². The zero-order chi connectivity index (χ0) is 32.9. The molecule has 0 N–H and O–H groups in total. The van der Waals surface area contributed by atoms with E-state index in [2.05, 4.69) is 19.1 Å². The second-order valence-electron chi connectivity index (χ2n) is 13.1. The van der Waals surface area contributed by atoms with Crippen molar-refractivity contribution in [2.45, 2.75) is 122 Å². The van der Waals surface area contributed by atoms with Crippen LogP contribution in [0.3, 0.4) is 0 Å². The minimum absolute atomic E-state index is 0.170. The molecule has 0 spiro atoms. The van der Waals surface area contributed by atoms with Crippen LogP contribution in [0.1, 0.15) is 114 Å². The Labute approximate surface area is 279 Å². The predicted octanol–water partition coefficient (Wildman–Crippen LogP) is 9.63. The van der Waals surface area contributed by atoms with E-state index in [4.69, 9.17) is 18.5 Å². The Kier molecular flexibility index (Phi) is 18.2. The lowest BCUT2D eigenvalue weighted by Gasteiger charge is -2.36. The first-order valence-corrected chi connectivity index (χ1v) is 19.3. The molecule has 2 aromatic rings. The summed E-state index contributed by atoms with van der Waals surface area (Å²) in [6.07, 6.45) is 20.7. The second-order valence-corrected chi connectivity index (χ2v) is 14.5.